The summed E-state index contributed by atoms with van der Waals surface area (Å²) in [4.78, 5) is 0. The number of benzene rings is 2. The molecule has 21 heavy (non-hydrogen) atoms. The molecule has 106 valence electrons. The van der Waals surface area contributed by atoms with Crippen LogP contribution < -0.4 is 5.73 Å². The fraction of sp³-hybridized carbons (Fsp3) is 0. The lowest BCUT2D eigenvalue weighted by atomic mass is 10.0. The summed E-state index contributed by atoms with van der Waals surface area (Å²) in [6.07, 6.45) is 0. The average molecular weight is 411 g/mol. The number of aromatic amines is 1. The lowest BCUT2D eigenvalue weighted by Crippen LogP contribution is -1.90. The van der Waals surface area contributed by atoms with Crippen molar-refractivity contribution in [3.05, 3.63) is 57.2 Å². The quantitative estimate of drug-likeness (QED) is 0.625. The predicted molar refractivity (Wildman–Crippen MR) is 89.2 cm³/mol. The second kappa shape index (κ2) is 5.61. The highest BCUT2D eigenvalue weighted by Crippen LogP contribution is 2.40. The molecule has 0 saturated carbocycles. The van der Waals surface area contributed by atoms with E-state index in [4.69, 9.17) is 5.73 Å². The maximum Gasteiger partial charge on any atom is 0.153 e. The van der Waals surface area contributed by atoms with Crippen LogP contribution >= 0.6 is 31.9 Å². The van der Waals surface area contributed by atoms with Crippen LogP contribution in [0.25, 0.3) is 22.4 Å². The van der Waals surface area contributed by atoms with E-state index in [1.54, 1.807) is 6.07 Å². The molecule has 0 unspecified atom stereocenters. The Morgan fingerprint density at radius 1 is 1.00 bits per heavy atom. The summed E-state index contributed by atoms with van der Waals surface area (Å²) < 4.78 is 15.2. The summed E-state index contributed by atoms with van der Waals surface area (Å²) in [5.41, 5.74) is 8.98. The third-order valence-electron chi connectivity index (χ3n) is 3.14. The molecule has 0 saturated heterocycles. The van der Waals surface area contributed by atoms with E-state index in [9.17, 15) is 4.39 Å². The Labute approximate surface area is 137 Å². The molecule has 0 aliphatic carbocycles. The lowest BCUT2D eigenvalue weighted by Gasteiger charge is -2.08. The number of rotatable bonds is 2. The molecule has 3 nitrogen and oxygen atoms in total. The van der Waals surface area contributed by atoms with E-state index in [1.807, 2.05) is 24.3 Å². The van der Waals surface area contributed by atoms with Gasteiger partial charge in [-0.05, 0) is 24.3 Å². The first-order valence-electron chi connectivity index (χ1n) is 6.12. The molecule has 1 aromatic heterocycles. The van der Waals surface area contributed by atoms with Crippen molar-refractivity contribution in [1.29, 1.82) is 0 Å². The molecule has 0 radical (unpaired) electrons. The minimum absolute atomic E-state index is 0.320. The Hall–Kier alpha value is -1.66. The molecule has 3 rings (SSSR count). The molecule has 1 heterocycles. The van der Waals surface area contributed by atoms with Gasteiger partial charge in [0.2, 0.25) is 0 Å². The Morgan fingerprint density at radius 2 is 1.71 bits per heavy atom. The smallest absolute Gasteiger partial charge is 0.153 e. The summed E-state index contributed by atoms with van der Waals surface area (Å²) >= 11 is 6.94. The van der Waals surface area contributed by atoms with Gasteiger partial charge in [0, 0.05) is 20.1 Å². The Bertz CT molecular complexity index is 814. The molecular formula is C15H10Br2FN3. The van der Waals surface area contributed by atoms with E-state index in [-0.39, 0.29) is 5.82 Å². The number of H-pyrrole nitrogens is 1. The fourth-order valence-corrected chi connectivity index (χ4v) is 3.10. The van der Waals surface area contributed by atoms with E-state index in [2.05, 4.69) is 42.1 Å². The highest BCUT2D eigenvalue weighted by atomic mass is 79.9. The normalized spacial score (nSPS) is 10.8. The van der Waals surface area contributed by atoms with Crippen molar-refractivity contribution in [2.75, 3.05) is 5.73 Å². The number of aromatic nitrogens is 2. The molecule has 0 spiro atoms. The number of nitrogens with zero attached hydrogens (tertiary/aromatic N) is 1. The summed E-state index contributed by atoms with van der Waals surface area (Å²) in [7, 11) is 0. The summed E-state index contributed by atoms with van der Waals surface area (Å²) in [5.74, 6) is 0.0486. The van der Waals surface area contributed by atoms with Gasteiger partial charge in [0.1, 0.15) is 5.82 Å². The van der Waals surface area contributed by atoms with Crippen LogP contribution in [0, 0.1) is 5.82 Å². The number of hydrogen-bond acceptors (Lipinski definition) is 2. The molecular weight excluding hydrogens is 401 g/mol. The van der Waals surface area contributed by atoms with E-state index in [0.717, 1.165) is 20.1 Å². The number of nitrogens with one attached hydrogen (secondary N) is 1. The highest BCUT2D eigenvalue weighted by molar-refractivity contribution is 9.11. The van der Waals surface area contributed by atoms with Crippen LogP contribution in [0.3, 0.4) is 0 Å². The summed E-state index contributed by atoms with van der Waals surface area (Å²) in [6, 6.07) is 12.2. The second-order valence-electron chi connectivity index (χ2n) is 4.46. The standard InChI is InChI=1S/C15H10Br2FN3/c16-11-4-2-1-3-9(11)13-14(20-21-15(13)19)10-7-8(18)5-6-12(10)17/h1-7H,(H3,19,20,21). The van der Waals surface area contributed by atoms with Crippen molar-refractivity contribution in [3.63, 3.8) is 0 Å². The lowest BCUT2D eigenvalue weighted by molar-refractivity contribution is 0.628. The third kappa shape index (κ3) is 2.61. The summed E-state index contributed by atoms with van der Waals surface area (Å²) in [6.45, 7) is 0. The van der Waals surface area contributed by atoms with Crippen molar-refractivity contribution in [3.8, 4) is 22.4 Å². The molecule has 0 atom stereocenters. The van der Waals surface area contributed by atoms with Crippen LogP contribution in [0.15, 0.2) is 51.4 Å². The van der Waals surface area contributed by atoms with Crippen molar-refractivity contribution < 1.29 is 4.39 Å². The molecule has 0 amide bonds. The first kappa shape index (κ1) is 14.3. The van der Waals surface area contributed by atoms with Gasteiger partial charge < -0.3 is 5.73 Å². The molecule has 6 heteroatoms. The van der Waals surface area contributed by atoms with Gasteiger partial charge in [-0.1, -0.05) is 50.1 Å². The Kier molecular flexibility index (Phi) is 3.82. The maximum absolute atomic E-state index is 13.6. The first-order valence-corrected chi connectivity index (χ1v) is 7.70. The third-order valence-corrected chi connectivity index (χ3v) is 4.52. The summed E-state index contributed by atoms with van der Waals surface area (Å²) in [5, 5.41) is 6.96. The van der Waals surface area contributed by atoms with Crippen molar-refractivity contribution >= 4 is 37.7 Å². The monoisotopic (exact) mass is 409 g/mol. The largest absolute Gasteiger partial charge is 0.382 e. The topological polar surface area (TPSA) is 54.7 Å². The van der Waals surface area contributed by atoms with Gasteiger partial charge in [-0.2, -0.15) is 5.10 Å². The van der Waals surface area contributed by atoms with Crippen molar-refractivity contribution in [1.82, 2.24) is 10.2 Å². The number of nitrogens with two attached hydrogens (primary N) is 1. The predicted octanol–water partition coefficient (Wildman–Crippen LogP) is 4.99. The van der Waals surface area contributed by atoms with Gasteiger partial charge in [0.05, 0.1) is 11.3 Å². The molecule has 3 aromatic rings. The zero-order valence-corrected chi connectivity index (χ0v) is 13.9. The van der Waals surface area contributed by atoms with Crippen LogP contribution in [0.4, 0.5) is 10.2 Å². The number of anilines is 1. The SMILES string of the molecule is Nc1n[nH]c(-c2cc(F)ccc2Br)c1-c1ccccc1Br. The molecule has 2 aromatic carbocycles. The maximum atomic E-state index is 13.6. The van der Waals surface area contributed by atoms with Gasteiger partial charge in [0.25, 0.3) is 0 Å². The van der Waals surface area contributed by atoms with Gasteiger partial charge in [0.15, 0.2) is 5.82 Å². The minimum Gasteiger partial charge on any atom is -0.382 e. The van der Waals surface area contributed by atoms with Crippen molar-refractivity contribution in [2.24, 2.45) is 0 Å². The number of hydrogen-bond donors (Lipinski definition) is 2. The van der Waals surface area contributed by atoms with E-state index in [1.165, 1.54) is 12.1 Å². The zero-order chi connectivity index (χ0) is 15.0. The van der Waals surface area contributed by atoms with Gasteiger partial charge in [-0.3, -0.25) is 5.10 Å². The first-order chi connectivity index (χ1) is 10.1. The average Bonchev–Trinajstić information content (AvgIpc) is 2.84. The van der Waals surface area contributed by atoms with E-state index < -0.39 is 0 Å². The Morgan fingerprint density at radius 3 is 2.48 bits per heavy atom. The fourth-order valence-electron chi connectivity index (χ4n) is 2.18. The molecule has 0 aliphatic heterocycles. The zero-order valence-electron chi connectivity index (χ0n) is 10.7. The van der Waals surface area contributed by atoms with Gasteiger partial charge >= 0.3 is 0 Å². The molecule has 0 bridgehead atoms. The van der Waals surface area contributed by atoms with Crippen LogP contribution in [0.2, 0.25) is 0 Å². The molecule has 0 fully saturated rings. The van der Waals surface area contributed by atoms with E-state index in [0.29, 0.717) is 17.1 Å². The Balaban J connectivity index is 2.27. The number of halogens is 3. The second-order valence-corrected chi connectivity index (χ2v) is 6.17. The molecule has 3 N–H and O–H groups in total. The van der Waals surface area contributed by atoms with Gasteiger partial charge in [-0.15, -0.1) is 0 Å². The number of nitrogen functional groups attached to an aromatic ring is 1. The van der Waals surface area contributed by atoms with Crippen LogP contribution in [-0.2, 0) is 0 Å². The van der Waals surface area contributed by atoms with Crippen LogP contribution in [0.5, 0.6) is 0 Å². The highest BCUT2D eigenvalue weighted by Gasteiger charge is 2.18. The van der Waals surface area contributed by atoms with Crippen molar-refractivity contribution in [2.45, 2.75) is 0 Å². The van der Waals surface area contributed by atoms with Crippen LogP contribution in [0.1, 0.15) is 0 Å². The van der Waals surface area contributed by atoms with E-state index >= 15 is 0 Å². The van der Waals surface area contributed by atoms with Gasteiger partial charge in [-0.25, -0.2) is 4.39 Å². The minimum atomic E-state index is -0.320. The van der Waals surface area contributed by atoms with Crippen LogP contribution in [-0.4, -0.2) is 10.2 Å². The molecule has 0 aliphatic rings.